The van der Waals surface area contributed by atoms with Gasteiger partial charge in [0.1, 0.15) is 11.5 Å². The molecule has 0 atom stereocenters. The topological polar surface area (TPSA) is 249 Å². The molecule has 1 saturated carbocycles. The van der Waals surface area contributed by atoms with E-state index in [0.29, 0.717) is 40.1 Å². The Labute approximate surface area is 677 Å². The molecule has 0 amide bonds. The Kier molecular flexibility index (Phi) is 25.3. The van der Waals surface area contributed by atoms with Gasteiger partial charge in [0.2, 0.25) is 0 Å². The molecule has 20 heteroatoms. The van der Waals surface area contributed by atoms with Crippen LogP contribution in [0.25, 0.3) is 88.4 Å². The smallest absolute Gasteiger partial charge is 0.181 e. The molecule has 0 spiro atoms. The number of rotatable bonds is 24. The highest BCUT2D eigenvalue weighted by Gasteiger charge is 2.20. The number of aromatic nitrogens is 8. The highest BCUT2D eigenvalue weighted by Crippen LogP contribution is 2.32. The number of ether oxygens (including phenoxy) is 2. The van der Waals surface area contributed by atoms with Crippen LogP contribution in [-0.2, 0) is 38.8 Å². The molecule has 0 unspecified atom stereocenters. The van der Waals surface area contributed by atoms with Crippen molar-refractivity contribution < 1.29 is 46.3 Å². The number of oxazole rings is 4. The predicted octanol–water partition coefficient (Wildman–Crippen LogP) is 20.4. The first-order chi connectivity index (χ1) is 57.1. The van der Waals surface area contributed by atoms with Gasteiger partial charge in [-0.3, -0.25) is 44.0 Å². The minimum absolute atomic E-state index is 0.0225. The quantitative estimate of drug-likeness (QED) is 0.0510. The number of carbonyl (C=O) groups is 4. The average molecular weight is 1550 g/mol. The van der Waals surface area contributed by atoms with Gasteiger partial charge in [-0.2, -0.15) is 0 Å². The molecule has 8 aromatic heterocycles. The molecule has 9 heterocycles. The van der Waals surface area contributed by atoms with Crippen molar-refractivity contribution in [2.24, 2.45) is 0 Å². The molecule has 117 heavy (non-hydrogen) atoms. The molecule has 2 fully saturated rings. The Balaban J connectivity index is 0.000000122. The summed E-state index contributed by atoms with van der Waals surface area (Å²) in [6.07, 6.45) is 29.7. The normalized spacial score (nSPS) is 12.9. The van der Waals surface area contributed by atoms with Crippen LogP contribution in [0.4, 0.5) is 0 Å². The van der Waals surface area contributed by atoms with Crippen LogP contribution < -0.4 is 9.47 Å². The Bertz CT molecular complexity index is 5860. The molecular weight excluding hydrogens is 1470 g/mol. The number of hydrogen-bond donors (Lipinski definition) is 0. The monoisotopic (exact) mass is 1550 g/mol. The number of benzene rings is 8. The standard InChI is InChI=1S/C26H24N2O3.C25H23N3O2.C23H21N3O2.C23H20N2O3/c29-25(18-8-10-24(11-9-18)31-23-4-2-1-3-5-23)14-22-13-21-12-19(26-16-27-17-30-26)6-7-20(21)15-28-22;29-24(19-5-3-4-18(10-19)16-28-8-1-2-9-28)13-23-12-22-11-20(25-15-26-17-30-25)6-7-21(22)14-27-23;1-26(2)14-16-3-5-17(6-4-16)22(27)11-21-10-20-9-18(23-13-24-15-28-23)7-8-19(20)12-25-21;1-15(2)28-21-7-5-16(6-8-21)22(26)11-20-10-19-9-17(23-13-24-14-27-23)3-4-18(19)12-25-20/h6-13,15-17,23H,1-5,14H2;3-7,10-12,14-15,17H,1-2,8-9,13,16H2;3-10,12-13,15H,11,14H2,1-2H3;3-10,12-15H,11H2,1-2H3. The number of pyridine rings is 4. The summed E-state index contributed by atoms with van der Waals surface area (Å²) in [6, 6.07) is 62.4. The van der Waals surface area contributed by atoms with Crippen molar-refractivity contribution in [1.29, 1.82) is 0 Å². The molecule has 18 rings (SSSR count). The fourth-order valence-corrected chi connectivity index (χ4v) is 14.5. The van der Waals surface area contributed by atoms with Gasteiger partial charge in [-0.15, -0.1) is 0 Å². The second-order valence-electron chi connectivity index (χ2n) is 30.0. The first-order valence-electron chi connectivity index (χ1n) is 39.5. The zero-order valence-corrected chi connectivity index (χ0v) is 65.7. The summed E-state index contributed by atoms with van der Waals surface area (Å²) in [4.78, 5) is 89.3. The molecule has 1 aliphatic heterocycles. The molecule has 0 bridgehead atoms. The summed E-state index contributed by atoms with van der Waals surface area (Å²) in [5.41, 5.74) is 12.0. The SMILES string of the molecule is CC(C)Oc1ccc(C(=O)Cc2cc3cc(-c4cnco4)ccc3cn2)cc1.CN(C)Cc1ccc(C(=O)Cc2cc3cc(-c4cnco4)ccc3cn2)cc1.O=C(Cc1cc2cc(-c3cnco3)ccc2cn1)c1ccc(OC2CCCCC2)cc1.O=C(Cc1cc2cc(-c3cnco3)ccc2cn1)c1cccc(CN2CCCC2)c1. The van der Waals surface area contributed by atoms with Gasteiger partial charge >= 0.3 is 0 Å². The van der Waals surface area contributed by atoms with Crippen molar-refractivity contribution in [2.45, 2.75) is 110 Å². The zero-order chi connectivity index (χ0) is 80.4. The van der Waals surface area contributed by atoms with Crippen molar-refractivity contribution in [3.63, 3.8) is 0 Å². The van der Waals surface area contributed by atoms with E-state index in [1.807, 2.05) is 222 Å². The van der Waals surface area contributed by atoms with Crippen LogP contribution in [0.15, 0.2) is 287 Å². The number of nitrogens with zero attached hydrogens (tertiary/aromatic N) is 10. The number of carbonyl (C=O) groups excluding carboxylic acids is 4. The summed E-state index contributed by atoms with van der Waals surface area (Å²) in [5, 5.41) is 8.15. The van der Waals surface area contributed by atoms with E-state index >= 15 is 0 Å². The fourth-order valence-electron chi connectivity index (χ4n) is 14.5. The van der Waals surface area contributed by atoms with Crippen LogP contribution in [0, 0.1) is 0 Å². The van der Waals surface area contributed by atoms with E-state index in [9.17, 15) is 19.2 Å². The van der Waals surface area contributed by atoms with E-state index in [2.05, 4.69) is 55.7 Å². The van der Waals surface area contributed by atoms with Gasteiger partial charge in [-0.1, -0.05) is 97.4 Å². The molecule has 586 valence electrons. The third-order valence-electron chi connectivity index (χ3n) is 20.6. The Morgan fingerprint density at radius 3 is 1.11 bits per heavy atom. The molecule has 2 aliphatic rings. The summed E-state index contributed by atoms with van der Waals surface area (Å²) < 4.78 is 33.2. The molecule has 1 aliphatic carbocycles. The van der Waals surface area contributed by atoms with E-state index in [4.69, 9.17) is 27.1 Å². The van der Waals surface area contributed by atoms with Gasteiger partial charge in [0, 0.05) is 127 Å². The average Bonchev–Trinajstić information content (AvgIpc) is 1.81. The van der Waals surface area contributed by atoms with Crippen LogP contribution in [0.5, 0.6) is 11.5 Å². The summed E-state index contributed by atoms with van der Waals surface area (Å²) in [5.74, 6) is 4.69. The lowest BCUT2D eigenvalue weighted by molar-refractivity contribution is 0.0983. The van der Waals surface area contributed by atoms with Gasteiger partial charge in [-0.25, -0.2) is 19.9 Å². The van der Waals surface area contributed by atoms with Crippen LogP contribution >= 0.6 is 0 Å². The molecule has 8 aromatic carbocycles. The Morgan fingerprint density at radius 2 is 0.752 bits per heavy atom. The van der Waals surface area contributed by atoms with Gasteiger partial charge in [0.15, 0.2) is 71.7 Å². The molecule has 16 aromatic rings. The van der Waals surface area contributed by atoms with E-state index in [0.717, 1.165) is 150 Å². The lowest BCUT2D eigenvalue weighted by atomic mass is 9.98. The van der Waals surface area contributed by atoms with Crippen LogP contribution in [0.1, 0.15) is 134 Å². The van der Waals surface area contributed by atoms with E-state index in [-0.39, 0.29) is 54.9 Å². The number of ketones is 4. The van der Waals surface area contributed by atoms with Crippen molar-refractivity contribution in [3.8, 4) is 56.8 Å². The van der Waals surface area contributed by atoms with Crippen molar-refractivity contribution >= 4 is 66.2 Å². The minimum atomic E-state index is 0.0225. The third kappa shape index (κ3) is 21.1. The summed E-state index contributed by atoms with van der Waals surface area (Å²) >= 11 is 0. The van der Waals surface area contributed by atoms with E-state index in [1.54, 1.807) is 43.1 Å². The first-order valence-corrected chi connectivity index (χ1v) is 39.5. The maximum Gasteiger partial charge on any atom is 0.181 e. The van der Waals surface area contributed by atoms with Gasteiger partial charge < -0.3 is 32.0 Å². The summed E-state index contributed by atoms with van der Waals surface area (Å²) in [6.45, 7) is 8.01. The highest BCUT2D eigenvalue weighted by molar-refractivity contribution is 6.01. The van der Waals surface area contributed by atoms with Gasteiger partial charge in [0.05, 0.1) is 62.7 Å². The second kappa shape index (κ2) is 37.6. The largest absolute Gasteiger partial charge is 0.491 e. The van der Waals surface area contributed by atoms with Crippen molar-refractivity contribution in [2.75, 3.05) is 27.2 Å². The number of hydrogen-bond acceptors (Lipinski definition) is 20. The summed E-state index contributed by atoms with van der Waals surface area (Å²) in [7, 11) is 4.05. The van der Waals surface area contributed by atoms with Gasteiger partial charge in [0.25, 0.3) is 0 Å². The second-order valence-corrected chi connectivity index (χ2v) is 30.0. The maximum atomic E-state index is 12.9. The molecule has 0 N–H and O–H groups in total. The first kappa shape index (κ1) is 78.7. The fraction of sp³-hybridized carbons (Fsp3) is 0.216. The van der Waals surface area contributed by atoms with E-state index in [1.165, 1.54) is 68.8 Å². The molecule has 20 nitrogen and oxygen atoms in total. The van der Waals surface area contributed by atoms with Crippen LogP contribution in [-0.4, -0.2) is 112 Å². The van der Waals surface area contributed by atoms with Crippen molar-refractivity contribution in [1.82, 2.24) is 49.7 Å². The molecule has 1 saturated heterocycles. The number of likely N-dealkylation sites (tertiary alicyclic amines) is 1. The zero-order valence-electron chi connectivity index (χ0n) is 65.7. The number of fused-ring (bicyclic) bond motifs is 4. The lowest BCUT2D eigenvalue weighted by Crippen LogP contribution is -2.19. The number of Topliss-reactive ketones (excluding diaryl/α,β-unsaturated/α-hetero) is 4. The highest BCUT2D eigenvalue weighted by atomic mass is 16.5. The van der Waals surface area contributed by atoms with Gasteiger partial charge in [-0.05, 0) is 215 Å². The lowest BCUT2D eigenvalue weighted by Gasteiger charge is -2.23. The molecular formula is C97H88N10O10. The maximum absolute atomic E-state index is 12.9. The molecule has 0 radical (unpaired) electrons. The predicted molar refractivity (Wildman–Crippen MR) is 452 cm³/mol. The van der Waals surface area contributed by atoms with Crippen molar-refractivity contribution in [3.05, 3.63) is 325 Å². The Morgan fingerprint density at radius 1 is 0.385 bits per heavy atom. The van der Waals surface area contributed by atoms with E-state index < -0.39 is 0 Å². The Hall–Kier alpha value is -13.6. The minimum Gasteiger partial charge on any atom is -0.491 e. The van der Waals surface area contributed by atoms with Crippen LogP contribution in [0.3, 0.4) is 0 Å². The third-order valence-corrected chi connectivity index (χ3v) is 20.6. The van der Waals surface area contributed by atoms with Crippen LogP contribution in [0.2, 0.25) is 0 Å².